The molecule has 0 fully saturated rings. The molecule has 79 heavy (non-hydrogen) atoms. The van der Waals surface area contributed by atoms with Crippen molar-refractivity contribution < 1.29 is 15.7 Å². The van der Waals surface area contributed by atoms with E-state index in [1.807, 2.05) is 138 Å². The molecule has 7 aromatic carbocycles. The van der Waals surface area contributed by atoms with E-state index in [0.29, 0.717) is 39.3 Å². The second-order valence-corrected chi connectivity index (χ2v) is 21.8. The van der Waals surface area contributed by atoms with Gasteiger partial charge in [0.2, 0.25) is 5.95 Å². The lowest BCUT2D eigenvalue weighted by Crippen LogP contribution is -2.26. The Balaban J connectivity index is 1.07. The third kappa shape index (κ3) is 10.1. The fraction of sp³-hybridized carbons (Fsp3) is 0.145. The van der Waals surface area contributed by atoms with E-state index in [9.17, 15) is 2.74 Å². The number of nitrogens with one attached hydrogen (secondary N) is 2. The number of anilines is 4. The van der Waals surface area contributed by atoms with Crippen LogP contribution in [-0.4, -0.2) is 35.3 Å². The molecule has 386 valence electrons. The second kappa shape index (κ2) is 21.0. The Morgan fingerprint density at radius 3 is 1.91 bits per heavy atom. The SMILES string of the molecule is [2H]c1c([2H])c([2H])c(-c2cc(Oc3ccc4c5cc(C(C)(C)C)ccc5n(-c5nc6ccccc6n5C([2H])([2H])[2H])c4c3)cc(N3CN(c4c(/C5=C/C=C\N/C=C\C=C/[B]5)cc(C(C)(C)C)cc4/C4=C/C=C\N/C=C\C=C/[B]4)c4ccccc43)c2)c([2H])c1[2H]. The van der Waals surface area contributed by atoms with Crippen LogP contribution in [0.15, 0.2) is 231 Å². The van der Waals surface area contributed by atoms with E-state index in [1.165, 1.54) is 4.57 Å². The molecule has 2 N–H and O–H groups in total. The lowest BCUT2D eigenvalue weighted by Gasteiger charge is -2.31. The van der Waals surface area contributed by atoms with Gasteiger partial charge in [-0.2, -0.15) is 0 Å². The summed E-state index contributed by atoms with van der Waals surface area (Å²) in [7, 11) is 4.26. The minimum Gasteiger partial charge on any atom is -0.457 e. The van der Waals surface area contributed by atoms with Gasteiger partial charge in [-0.05, 0) is 141 Å². The van der Waals surface area contributed by atoms with Crippen LogP contribution in [0.25, 0.3) is 60.9 Å². The normalized spacial score (nSPS) is 20.0. The third-order valence-electron chi connectivity index (χ3n) is 14.5. The zero-order valence-corrected chi connectivity index (χ0v) is 45.1. The number of hydrogen-bond acceptors (Lipinski definition) is 6. The molecule has 12 rings (SSSR count). The average Bonchev–Trinajstić information content (AvgIpc) is 1.64. The van der Waals surface area contributed by atoms with E-state index in [1.54, 1.807) is 18.2 Å². The first-order valence-corrected chi connectivity index (χ1v) is 26.6. The van der Waals surface area contributed by atoms with Crippen molar-refractivity contribution in [2.24, 2.45) is 6.98 Å². The van der Waals surface area contributed by atoms with E-state index in [4.69, 9.17) is 17.9 Å². The molecular formula is C69H63B2N7O. The van der Waals surface area contributed by atoms with Crippen molar-refractivity contribution in [1.82, 2.24) is 24.8 Å². The van der Waals surface area contributed by atoms with Crippen LogP contribution < -0.4 is 25.2 Å². The number of aryl methyl sites for hydroxylation is 1. The van der Waals surface area contributed by atoms with E-state index < -0.39 is 25.1 Å². The highest BCUT2D eigenvalue weighted by Gasteiger charge is 2.34. The third-order valence-corrected chi connectivity index (χ3v) is 14.5. The fourth-order valence-electron chi connectivity index (χ4n) is 10.5. The number of allylic oxidation sites excluding steroid dienone is 8. The number of nitrogens with zero attached hydrogens (tertiary/aromatic N) is 5. The van der Waals surface area contributed by atoms with Crippen LogP contribution in [0.4, 0.5) is 22.7 Å². The van der Waals surface area contributed by atoms with Crippen molar-refractivity contribution in [2.45, 2.75) is 52.4 Å². The number of hydrogen-bond donors (Lipinski definition) is 2. The minimum absolute atomic E-state index is 0.0148. The first kappa shape index (κ1) is 42.0. The molecular weight excluding hydrogens is 964 g/mol. The highest BCUT2D eigenvalue weighted by atomic mass is 16.5. The van der Waals surface area contributed by atoms with Gasteiger partial charge in [-0.3, -0.25) is 4.57 Å². The largest absolute Gasteiger partial charge is 0.457 e. The van der Waals surface area contributed by atoms with E-state index in [0.717, 1.165) is 66.6 Å². The molecule has 2 aromatic heterocycles. The summed E-state index contributed by atoms with van der Waals surface area (Å²) >= 11 is 0. The van der Waals surface area contributed by atoms with Gasteiger partial charge in [0, 0.05) is 64.5 Å². The quantitative estimate of drug-likeness (QED) is 0.148. The summed E-state index contributed by atoms with van der Waals surface area (Å²) in [5, 5.41) is 8.22. The van der Waals surface area contributed by atoms with Crippen LogP contribution in [0.2, 0.25) is 0 Å². The predicted octanol–water partition coefficient (Wildman–Crippen LogP) is 16.4. The number of benzene rings is 7. The van der Waals surface area contributed by atoms with E-state index in [-0.39, 0.29) is 41.1 Å². The Labute approximate surface area is 477 Å². The summed E-state index contributed by atoms with van der Waals surface area (Å²) in [5.74, 6) is 5.01. The molecule has 0 saturated heterocycles. The summed E-state index contributed by atoms with van der Waals surface area (Å²) in [4.78, 5) is 9.50. The van der Waals surface area contributed by atoms with Gasteiger partial charge < -0.3 is 29.7 Å². The molecule has 0 aliphatic carbocycles. The molecule has 2 radical (unpaired) electrons. The molecule has 10 heteroatoms. The molecule has 0 unspecified atom stereocenters. The van der Waals surface area contributed by atoms with Gasteiger partial charge in [0.1, 0.15) is 18.2 Å². The lowest BCUT2D eigenvalue weighted by molar-refractivity contribution is 0.483. The van der Waals surface area contributed by atoms with Crippen LogP contribution in [0.5, 0.6) is 11.5 Å². The van der Waals surface area contributed by atoms with Crippen LogP contribution in [0, 0.1) is 0 Å². The number of aromatic nitrogens is 3. The molecule has 8 nitrogen and oxygen atoms in total. The zero-order valence-electron chi connectivity index (χ0n) is 53.1. The van der Waals surface area contributed by atoms with Crippen molar-refractivity contribution in [3.05, 3.63) is 253 Å². The van der Waals surface area contributed by atoms with Crippen molar-refractivity contribution in [2.75, 3.05) is 16.5 Å². The molecule has 0 amide bonds. The van der Waals surface area contributed by atoms with Gasteiger partial charge in [-0.25, -0.2) is 4.98 Å². The lowest BCUT2D eigenvalue weighted by atomic mass is 9.62. The van der Waals surface area contributed by atoms with Gasteiger partial charge in [0.05, 0.1) is 46.0 Å². The van der Waals surface area contributed by atoms with Crippen molar-refractivity contribution in [1.29, 1.82) is 0 Å². The van der Waals surface area contributed by atoms with Crippen molar-refractivity contribution in [3.63, 3.8) is 0 Å². The van der Waals surface area contributed by atoms with Gasteiger partial charge in [-0.1, -0.05) is 137 Å². The standard InChI is InChI=1S/C69H63B2N7O/c1-68(2,3)49-29-32-61-55(41-49)54-31-30-52(45-65(54)78(61)67-74-60-25-11-12-26-62(60)75(67)7)79-53-40-48(47-21-9-8-10-22-47)39-51(44-53)76-46-77(64-28-14-13-27-63(64)76)66-56(58-23-19-37-72-35-17-15-33-70-58)42-50(69(4,5)6)43-57(66)59-24-20-38-73-36-18-16-34-71-59/h8-45,72-73H,46H2,1-7H3/b33-15-,34-16-,35-17-,36-18-,37-19-,38-20-,58-23-,59-24-/i7D3,8D,9D,10D,21D,22D. The maximum absolute atomic E-state index is 9.29. The topological polar surface area (TPSA) is 62.5 Å². The number of imidazole rings is 1. The number of fused-ring (bicyclic) bond motifs is 5. The number of ether oxygens (including phenoxy) is 1. The Bertz CT molecular complexity index is 4410. The first-order chi connectivity index (χ1) is 41.7. The molecule has 0 spiro atoms. The Hall–Kier alpha value is -9.14. The van der Waals surface area contributed by atoms with Crippen molar-refractivity contribution >= 4 is 81.1 Å². The maximum atomic E-state index is 9.29. The Morgan fingerprint density at radius 2 is 1.23 bits per heavy atom. The van der Waals surface area contributed by atoms with Gasteiger partial charge in [0.15, 0.2) is 14.6 Å². The molecule has 0 saturated carbocycles. The summed E-state index contributed by atoms with van der Waals surface area (Å²) in [6, 6.07) is 35.4. The zero-order chi connectivity index (χ0) is 61.1. The highest BCUT2D eigenvalue weighted by Crippen LogP contribution is 2.50. The second-order valence-electron chi connectivity index (χ2n) is 21.8. The van der Waals surface area contributed by atoms with Crippen LogP contribution in [0.3, 0.4) is 0 Å². The van der Waals surface area contributed by atoms with Crippen LogP contribution >= 0.6 is 0 Å². The first-order valence-electron chi connectivity index (χ1n) is 30.6. The minimum atomic E-state index is -2.60. The highest BCUT2D eigenvalue weighted by molar-refractivity contribution is 6.67. The van der Waals surface area contributed by atoms with Crippen molar-refractivity contribution in [3.8, 4) is 28.6 Å². The Kier molecular flexibility index (Phi) is 11.2. The van der Waals surface area contributed by atoms with E-state index in [2.05, 4.69) is 125 Å². The Morgan fingerprint density at radius 1 is 0.570 bits per heavy atom. The van der Waals surface area contributed by atoms with E-state index >= 15 is 0 Å². The van der Waals surface area contributed by atoms with Crippen LogP contribution in [0.1, 0.15) is 74.8 Å². The van der Waals surface area contributed by atoms with Gasteiger partial charge in [0.25, 0.3) is 0 Å². The average molecular weight is 1040 g/mol. The monoisotopic (exact) mass is 1040 g/mol. The van der Waals surface area contributed by atoms with Gasteiger partial charge in [-0.15, -0.1) is 12.0 Å². The van der Waals surface area contributed by atoms with Gasteiger partial charge >= 0.3 is 0 Å². The molecule has 0 atom stereocenters. The maximum Gasteiger partial charge on any atom is 0.215 e. The molecule has 5 heterocycles. The fourth-order valence-corrected chi connectivity index (χ4v) is 10.5. The number of rotatable bonds is 8. The number of para-hydroxylation sites is 4. The molecule has 0 bridgehead atoms. The summed E-state index contributed by atoms with van der Waals surface area (Å²) in [6.45, 7) is 10.8. The molecule has 3 aliphatic rings. The van der Waals surface area contributed by atoms with Crippen LogP contribution in [-0.2, 0) is 17.8 Å². The summed E-state index contributed by atoms with van der Waals surface area (Å²) in [6.07, 6.45) is 23.7. The predicted molar refractivity (Wildman–Crippen MR) is 335 cm³/mol. The smallest absolute Gasteiger partial charge is 0.215 e. The molecule has 3 aliphatic heterocycles. The summed E-state index contributed by atoms with van der Waals surface area (Å²) < 4.78 is 81.5. The summed E-state index contributed by atoms with van der Waals surface area (Å²) in [5.41, 5.74) is 11.8. The molecule has 9 aromatic rings.